The van der Waals surface area contributed by atoms with Gasteiger partial charge in [0, 0.05) is 19.8 Å². The van der Waals surface area contributed by atoms with E-state index in [4.69, 9.17) is 23.7 Å². The van der Waals surface area contributed by atoms with Gasteiger partial charge in [-0.1, -0.05) is 53.4 Å². The van der Waals surface area contributed by atoms with Crippen LogP contribution in [0.1, 0.15) is 96.6 Å². The molecule has 1 aromatic rings. The average molecular weight is 485 g/mol. The van der Waals surface area contributed by atoms with Gasteiger partial charge in [0.15, 0.2) is 0 Å². The highest BCUT2D eigenvalue weighted by Gasteiger charge is 2.49. The zero-order chi connectivity index (χ0) is 24.8. The third-order valence-corrected chi connectivity index (χ3v) is 5.87. The third kappa shape index (κ3) is 8.70. The fraction of sp³-hybridized carbons (Fsp3) is 0.846. The van der Waals surface area contributed by atoms with Gasteiger partial charge in [-0.2, -0.15) is 9.37 Å². The van der Waals surface area contributed by atoms with E-state index in [-0.39, 0.29) is 23.8 Å². The van der Waals surface area contributed by atoms with Crippen LogP contribution in [0.5, 0.6) is 5.88 Å². The highest BCUT2D eigenvalue weighted by Crippen LogP contribution is 2.38. The Hall–Kier alpha value is -1.35. The molecular weight excluding hydrogens is 439 g/mol. The lowest BCUT2D eigenvalue weighted by atomic mass is 10.0. The molecule has 8 heteroatoms. The maximum Gasteiger partial charge on any atom is 0.240 e. The summed E-state index contributed by atoms with van der Waals surface area (Å²) in [6.45, 7) is 12.8. The van der Waals surface area contributed by atoms with E-state index < -0.39 is 18.2 Å². The number of aryl methyl sites for hydroxylation is 1. The van der Waals surface area contributed by atoms with Crippen molar-refractivity contribution in [2.45, 2.75) is 110 Å². The van der Waals surface area contributed by atoms with Crippen molar-refractivity contribution < 1.29 is 28.1 Å². The predicted octanol–water partition coefficient (Wildman–Crippen LogP) is 5.73. The SMILES string of the molecule is CCCCOC[C@H]1O[C@@H](c2nc(C)c(OCCCC)nc2F)C(OCCCC)[C@H]1OCCCC. The summed E-state index contributed by atoms with van der Waals surface area (Å²) in [4.78, 5) is 8.60. The van der Waals surface area contributed by atoms with Crippen molar-refractivity contribution in [1.82, 2.24) is 9.97 Å². The minimum Gasteiger partial charge on any atom is -0.476 e. The number of nitrogens with zero attached hydrogens (tertiary/aromatic N) is 2. The molecule has 4 atom stereocenters. The number of halogens is 1. The summed E-state index contributed by atoms with van der Waals surface area (Å²) in [5, 5.41) is 0. The first-order chi connectivity index (χ1) is 16.6. The lowest BCUT2D eigenvalue weighted by Gasteiger charge is -2.25. The van der Waals surface area contributed by atoms with E-state index in [2.05, 4.69) is 37.7 Å². The molecule has 7 nitrogen and oxygen atoms in total. The Morgan fingerprint density at radius 3 is 2.03 bits per heavy atom. The second kappa shape index (κ2) is 16.3. The molecule has 2 rings (SSSR count). The second-order valence-electron chi connectivity index (χ2n) is 8.89. The first-order valence-corrected chi connectivity index (χ1v) is 13.2. The van der Waals surface area contributed by atoms with E-state index in [0.717, 1.165) is 51.4 Å². The van der Waals surface area contributed by atoms with Crippen LogP contribution in [0.15, 0.2) is 0 Å². The molecule has 0 aliphatic carbocycles. The monoisotopic (exact) mass is 484 g/mol. The van der Waals surface area contributed by atoms with Crippen LogP contribution >= 0.6 is 0 Å². The molecule has 1 saturated heterocycles. The minimum absolute atomic E-state index is 0.141. The van der Waals surface area contributed by atoms with Gasteiger partial charge in [-0.25, -0.2) is 4.98 Å². The molecule has 0 radical (unpaired) electrons. The summed E-state index contributed by atoms with van der Waals surface area (Å²) >= 11 is 0. The van der Waals surface area contributed by atoms with E-state index >= 15 is 4.39 Å². The first-order valence-electron chi connectivity index (χ1n) is 13.2. The maximum absolute atomic E-state index is 15.2. The number of hydrogen-bond acceptors (Lipinski definition) is 7. The van der Waals surface area contributed by atoms with Crippen molar-refractivity contribution in [2.24, 2.45) is 0 Å². The van der Waals surface area contributed by atoms with E-state index in [9.17, 15) is 0 Å². The number of aromatic nitrogens is 2. The van der Waals surface area contributed by atoms with Gasteiger partial charge in [-0.05, 0) is 32.6 Å². The van der Waals surface area contributed by atoms with Crippen molar-refractivity contribution in [3.05, 3.63) is 17.3 Å². The number of unbranched alkanes of at least 4 members (excludes halogenated alkanes) is 4. The number of rotatable bonds is 18. The quantitative estimate of drug-likeness (QED) is 0.246. The summed E-state index contributed by atoms with van der Waals surface area (Å²) in [7, 11) is 0. The van der Waals surface area contributed by atoms with Crippen molar-refractivity contribution in [2.75, 3.05) is 33.0 Å². The molecule has 0 aromatic carbocycles. The topological polar surface area (TPSA) is 71.9 Å². The van der Waals surface area contributed by atoms with Gasteiger partial charge < -0.3 is 23.7 Å². The standard InChI is InChI=1S/C26H45FN2O5/c1-6-10-14-30-18-20-22(31-15-11-7-2)24(32-16-12-8-3)23(34-20)21-25(27)29-26(19(5)28-21)33-17-13-9-4/h20,22-24H,6-18H2,1-5H3/t20-,22+,23+,24?/m1/s1. The zero-order valence-corrected chi connectivity index (χ0v) is 21.8. The van der Waals surface area contributed by atoms with E-state index in [1.54, 1.807) is 6.92 Å². The van der Waals surface area contributed by atoms with E-state index in [1.165, 1.54) is 0 Å². The van der Waals surface area contributed by atoms with Crippen LogP contribution in [0.25, 0.3) is 0 Å². The summed E-state index contributed by atoms with van der Waals surface area (Å²) in [5.74, 6) is -0.461. The first kappa shape index (κ1) is 28.9. The molecule has 0 spiro atoms. The molecular formula is C26H45FN2O5. The number of hydrogen-bond donors (Lipinski definition) is 0. The predicted molar refractivity (Wildman–Crippen MR) is 130 cm³/mol. The zero-order valence-electron chi connectivity index (χ0n) is 21.8. The van der Waals surface area contributed by atoms with Gasteiger partial charge in [-0.15, -0.1) is 0 Å². The van der Waals surface area contributed by atoms with Gasteiger partial charge in [0.1, 0.15) is 30.1 Å². The fourth-order valence-corrected chi connectivity index (χ4v) is 3.77. The molecule has 1 unspecified atom stereocenters. The molecule has 34 heavy (non-hydrogen) atoms. The summed E-state index contributed by atoms with van der Waals surface area (Å²) < 4.78 is 45.5. The van der Waals surface area contributed by atoms with E-state index in [1.807, 2.05) is 0 Å². The molecule has 0 bridgehead atoms. The van der Waals surface area contributed by atoms with Crippen molar-refractivity contribution in [3.63, 3.8) is 0 Å². The Morgan fingerprint density at radius 1 is 0.794 bits per heavy atom. The largest absolute Gasteiger partial charge is 0.476 e. The average Bonchev–Trinajstić information content (AvgIpc) is 3.16. The Bertz CT molecular complexity index is 693. The van der Waals surface area contributed by atoms with Gasteiger partial charge in [-0.3, -0.25) is 0 Å². The van der Waals surface area contributed by atoms with Gasteiger partial charge >= 0.3 is 0 Å². The van der Waals surface area contributed by atoms with Gasteiger partial charge in [0.2, 0.25) is 11.8 Å². The molecule has 1 fully saturated rings. The van der Waals surface area contributed by atoms with Gasteiger partial charge in [0.25, 0.3) is 0 Å². The molecule has 2 heterocycles. The minimum atomic E-state index is -0.723. The van der Waals surface area contributed by atoms with Gasteiger partial charge in [0.05, 0.1) is 18.9 Å². The highest BCUT2D eigenvalue weighted by atomic mass is 19.1. The molecule has 0 N–H and O–H groups in total. The highest BCUT2D eigenvalue weighted by molar-refractivity contribution is 5.22. The van der Waals surface area contributed by atoms with Crippen molar-refractivity contribution in [3.8, 4) is 5.88 Å². The lowest BCUT2D eigenvalue weighted by molar-refractivity contribution is -0.0795. The van der Waals surface area contributed by atoms with Crippen LogP contribution < -0.4 is 4.74 Å². The Balaban J connectivity index is 2.27. The van der Waals surface area contributed by atoms with Crippen LogP contribution in [0.4, 0.5) is 4.39 Å². The molecule has 0 saturated carbocycles. The molecule has 1 aliphatic heterocycles. The fourth-order valence-electron chi connectivity index (χ4n) is 3.77. The second-order valence-corrected chi connectivity index (χ2v) is 8.89. The molecule has 1 aliphatic rings. The van der Waals surface area contributed by atoms with Crippen LogP contribution in [0.2, 0.25) is 0 Å². The van der Waals surface area contributed by atoms with Crippen molar-refractivity contribution >= 4 is 0 Å². The lowest BCUT2D eigenvalue weighted by Crippen LogP contribution is -2.38. The molecule has 1 aromatic heterocycles. The van der Waals surface area contributed by atoms with Crippen LogP contribution in [-0.2, 0) is 18.9 Å². The summed E-state index contributed by atoms with van der Waals surface area (Å²) in [6, 6.07) is 0. The van der Waals surface area contributed by atoms with E-state index in [0.29, 0.717) is 38.7 Å². The maximum atomic E-state index is 15.2. The van der Waals surface area contributed by atoms with Crippen LogP contribution in [0, 0.1) is 12.9 Å². The summed E-state index contributed by atoms with van der Waals surface area (Å²) in [6.07, 6.45) is 5.81. The summed E-state index contributed by atoms with van der Waals surface area (Å²) in [5.41, 5.74) is 0.677. The van der Waals surface area contributed by atoms with Crippen molar-refractivity contribution in [1.29, 1.82) is 0 Å². The smallest absolute Gasteiger partial charge is 0.240 e. The van der Waals surface area contributed by atoms with Crippen LogP contribution in [-0.4, -0.2) is 61.3 Å². The molecule has 196 valence electrons. The molecule has 0 amide bonds. The third-order valence-electron chi connectivity index (χ3n) is 5.87. The van der Waals surface area contributed by atoms with Crippen LogP contribution in [0.3, 0.4) is 0 Å². The normalized spacial score (nSPS) is 22.4. The Morgan fingerprint density at radius 2 is 1.38 bits per heavy atom. The Kier molecular flexibility index (Phi) is 13.9. The Labute approximate surface area is 205 Å². The number of ether oxygens (including phenoxy) is 5.